The van der Waals surface area contributed by atoms with Crippen molar-refractivity contribution in [2.45, 2.75) is 0 Å². The number of aromatic nitrogens is 1. The zero-order valence-corrected chi connectivity index (χ0v) is 17.5. The predicted molar refractivity (Wildman–Crippen MR) is 116 cm³/mol. The van der Waals surface area contributed by atoms with E-state index in [-0.39, 0.29) is 11.5 Å². The molecular formula is C22H20N2O5S. The number of thiazole rings is 1. The van der Waals surface area contributed by atoms with E-state index in [9.17, 15) is 14.4 Å². The largest absolute Gasteiger partial charge is 0.495 e. The van der Waals surface area contributed by atoms with Crippen molar-refractivity contribution in [3.63, 3.8) is 0 Å². The van der Waals surface area contributed by atoms with Crippen LogP contribution in [-0.4, -0.2) is 30.7 Å². The number of methoxy groups -OCH3 is 2. The highest BCUT2D eigenvalue weighted by molar-refractivity contribution is 7.07. The fraction of sp³-hybridized carbons (Fsp3) is 0.136. The molecule has 0 atom stereocenters. The van der Waals surface area contributed by atoms with Crippen LogP contribution in [-0.2, 0) is 16.6 Å². The van der Waals surface area contributed by atoms with Gasteiger partial charge < -0.3 is 19.4 Å². The molecule has 1 N–H and O–H groups in total. The smallest absolute Gasteiger partial charge is 0.337 e. The monoisotopic (exact) mass is 424 g/mol. The van der Waals surface area contributed by atoms with Gasteiger partial charge in [-0.05, 0) is 35.9 Å². The summed E-state index contributed by atoms with van der Waals surface area (Å²) in [5, 5.41) is 2.76. The number of nitrogens with one attached hydrogen (secondary N) is 1. The molecular weight excluding hydrogens is 404 g/mol. The van der Waals surface area contributed by atoms with Gasteiger partial charge in [-0.2, -0.15) is 0 Å². The van der Waals surface area contributed by atoms with Crippen molar-refractivity contribution < 1.29 is 19.1 Å². The van der Waals surface area contributed by atoms with Gasteiger partial charge in [0.25, 0.3) is 11.5 Å². The number of amides is 1. The summed E-state index contributed by atoms with van der Waals surface area (Å²) in [5.74, 6) is -0.249. The fourth-order valence-electron chi connectivity index (χ4n) is 2.72. The lowest BCUT2D eigenvalue weighted by Crippen LogP contribution is -2.29. The van der Waals surface area contributed by atoms with Crippen LogP contribution in [0.15, 0.2) is 53.3 Å². The Bertz CT molecular complexity index is 1260. The second kappa shape index (κ2) is 9.23. The van der Waals surface area contributed by atoms with E-state index in [0.29, 0.717) is 26.2 Å². The zero-order chi connectivity index (χ0) is 21.7. The first-order chi connectivity index (χ1) is 14.4. The first-order valence-corrected chi connectivity index (χ1v) is 9.76. The minimum Gasteiger partial charge on any atom is -0.495 e. The Kier molecular flexibility index (Phi) is 6.48. The SMILES string of the molecule is COC(=O)c1ccc(/C=c2\s/c(=C\C(=O)Nc3ccccc3OC)n(C)c2=O)cc1. The number of para-hydroxylation sites is 2. The van der Waals surface area contributed by atoms with Crippen molar-refractivity contribution in [1.29, 1.82) is 0 Å². The van der Waals surface area contributed by atoms with Gasteiger partial charge >= 0.3 is 5.97 Å². The average Bonchev–Trinajstić information content (AvgIpc) is 3.01. The summed E-state index contributed by atoms with van der Waals surface area (Å²) in [6.07, 6.45) is 3.08. The molecule has 7 nitrogen and oxygen atoms in total. The molecule has 8 heteroatoms. The molecule has 0 bridgehead atoms. The van der Waals surface area contributed by atoms with Gasteiger partial charge in [-0.25, -0.2) is 4.79 Å². The van der Waals surface area contributed by atoms with E-state index in [1.807, 2.05) is 0 Å². The molecule has 30 heavy (non-hydrogen) atoms. The molecule has 0 saturated carbocycles. The van der Waals surface area contributed by atoms with Crippen LogP contribution in [0.3, 0.4) is 0 Å². The van der Waals surface area contributed by atoms with Crippen LogP contribution < -0.4 is 24.8 Å². The standard InChI is InChI=1S/C22H20N2O5S/c1-24-20(13-19(25)23-16-6-4-5-7-17(16)28-2)30-18(21(24)26)12-14-8-10-15(11-9-14)22(27)29-3/h4-13H,1-3H3,(H,23,25)/b18-12-,20-13-. The molecule has 0 radical (unpaired) electrons. The van der Waals surface area contributed by atoms with Gasteiger partial charge in [0.2, 0.25) is 0 Å². The Morgan fingerprint density at radius 2 is 1.77 bits per heavy atom. The molecule has 2 aromatic carbocycles. The molecule has 0 aliphatic carbocycles. The Morgan fingerprint density at radius 1 is 1.07 bits per heavy atom. The Hall–Kier alpha value is -3.65. The van der Waals surface area contributed by atoms with Crippen LogP contribution in [0.5, 0.6) is 5.75 Å². The average molecular weight is 424 g/mol. The first kappa shape index (κ1) is 21.1. The molecule has 1 aromatic heterocycles. The fourth-order valence-corrected chi connectivity index (χ4v) is 3.75. The van der Waals surface area contributed by atoms with Crippen LogP contribution in [0, 0.1) is 0 Å². The summed E-state index contributed by atoms with van der Waals surface area (Å²) in [7, 11) is 4.45. The lowest BCUT2D eigenvalue weighted by Gasteiger charge is -2.07. The van der Waals surface area contributed by atoms with Crippen LogP contribution in [0.1, 0.15) is 15.9 Å². The first-order valence-electron chi connectivity index (χ1n) is 8.94. The number of esters is 1. The van der Waals surface area contributed by atoms with Crippen molar-refractivity contribution in [2.24, 2.45) is 7.05 Å². The van der Waals surface area contributed by atoms with Crippen molar-refractivity contribution in [3.8, 4) is 5.75 Å². The molecule has 0 aliphatic heterocycles. The molecule has 0 saturated heterocycles. The van der Waals surface area contributed by atoms with Gasteiger partial charge in [0.05, 0.1) is 30.0 Å². The number of nitrogens with zero attached hydrogens (tertiary/aromatic N) is 1. The summed E-state index contributed by atoms with van der Waals surface area (Å²) in [4.78, 5) is 36.5. The lowest BCUT2D eigenvalue weighted by molar-refractivity contribution is -0.110. The van der Waals surface area contributed by atoms with E-state index < -0.39 is 5.97 Å². The second-order valence-corrected chi connectivity index (χ2v) is 7.32. The van der Waals surface area contributed by atoms with E-state index in [1.54, 1.807) is 61.7 Å². The highest BCUT2D eigenvalue weighted by Crippen LogP contribution is 2.22. The third-order valence-electron chi connectivity index (χ3n) is 4.31. The highest BCUT2D eigenvalue weighted by Gasteiger charge is 2.07. The van der Waals surface area contributed by atoms with Crippen molar-refractivity contribution in [3.05, 3.63) is 79.2 Å². The van der Waals surface area contributed by atoms with E-state index in [2.05, 4.69) is 10.1 Å². The number of ether oxygens (including phenoxy) is 2. The third-order valence-corrected chi connectivity index (χ3v) is 5.42. The van der Waals surface area contributed by atoms with Crippen LogP contribution >= 0.6 is 11.3 Å². The maximum atomic E-state index is 12.6. The van der Waals surface area contributed by atoms with Gasteiger partial charge in [0.1, 0.15) is 10.4 Å². The normalized spacial score (nSPS) is 12.0. The van der Waals surface area contributed by atoms with Crippen molar-refractivity contribution >= 4 is 41.1 Å². The number of benzene rings is 2. The van der Waals surface area contributed by atoms with E-state index in [4.69, 9.17) is 4.74 Å². The molecule has 3 aromatic rings. The summed E-state index contributed by atoms with van der Waals surface area (Å²) in [6, 6.07) is 13.8. The minimum absolute atomic E-state index is 0.214. The summed E-state index contributed by atoms with van der Waals surface area (Å²) in [6.45, 7) is 0. The Labute approximate surface area is 176 Å². The molecule has 0 aliphatic rings. The van der Waals surface area contributed by atoms with E-state index in [1.165, 1.54) is 36.2 Å². The number of anilines is 1. The zero-order valence-electron chi connectivity index (χ0n) is 16.7. The number of hydrogen-bond acceptors (Lipinski definition) is 6. The number of carbonyl (C=O) groups is 2. The highest BCUT2D eigenvalue weighted by atomic mass is 32.1. The van der Waals surface area contributed by atoms with Gasteiger partial charge in [-0.3, -0.25) is 9.59 Å². The molecule has 0 fully saturated rings. The predicted octanol–water partition coefficient (Wildman–Crippen LogP) is 1.49. The molecule has 0 unspecified atom stereocenters. The number of hydrogen-bond donors (Lipinski definition) is 1. The molecule has 0 spiro atoms. The van der Waals surface area contributed by atoms with Gasteiger partial charge in [0, 0.05) is 13.1 Å². The quantitative estimate of drug-likeness (QED) is 0.627. The van der Waals surface area contributed by atoms with Crippen molar-refractivity contribution in [2.75, 3.05) is 19.5 Å². The van der Waals surface area contributed by atoms with Crippen LogP contribution in [0.2, 0.25) is 0 Å². The van der Waals surface area contributed by atoms with Gasteiger partial charge in [-0.1, -0.05) is 24.3 Å². The van der Waals surface area contributed by atoms with Crippen molar-refractivity contribution in [1.82, 2.24) is 4.57 Å². The lowest BCUT2D eigenvalue weighted by atomic mass is 10.1. The molecule has 1 amide bonds. The van der Waals surface area contributed by atoms with E-state index >= 15 is 0 Å². The molecule has 1 heterocycles. The van der Waals surface area contributed by atoms with Crippen LogP contribution in [0.4, 0.5) is 5.69 Å². The maximum absolute atomic E-state index is 12.6. The Morgan fingerprint density at radius 3 is 2.43 bits per heavy atom. The molecule has 3 rings (SSSR count). The van der Waals surface area contributed by atoms with Gasteiger partial charge in [0.15, 0.2) is 0 Å². The molecule has 154 valence electrons. The summed E-state index contributed by atoms with van der Waals surface area (Å²) >= 11 is 1.20. The van der Waals surface area contributed by atoms with Gasteiger partial charge in [-0.15, -0.1) is 11.3 Å². The Balaban J connectivity index is 1.90. The summed E-state index contributed by atoms with van der Waals surface area (Å²) < 4.78 is 12.3. The third kappa shape index (κ3) is 4.66. The second-order valence-electron chi connectivity index (χ2n) is 6.26. The maximum Gasteiger partial charge on any atom is 0.337 e. The van der Waals surface area contributed by atoms with E-state index in [0.717, 1.165) is 5.56 Å². The number of carbonyl (C=O) groups excluding carboxylic acids is 2. The summed E-state index contributed by atoms with van der Waals surface area (Å²) in [5.41, 5.74) is 1.51. The number of rotatable bonds is 5. The van der Waals surface area contributed by atoms with Crippen LogP contribution in [0.25, 0.3) is 12.2 Å². The topological polar surface area (TPSA) is 86.6 Å². The minimum atomic E-state index is -0.425.